The fraction of sp³-hybridized carbons (Fsp3) is 0.235. The number of rotatable bonds is 5. The summed E-state index contributed by atoms with van der Waals surface area (Å²) in [4.78, 5) is 12.0. The number of phenolic OH excluding ortho intramolecular Hbond substituents is 1. The third kappa shape index (κ3) is 5.57. The number of amides is 1. The Hall–Kier alpha value is -2.57. The standard InChI is InChI=1S/C17H15F4NO2/c18-13-5-3-12(4-6-13)15(10-17(19,20)21)22-16(24)9-11-1-7-14(23)8-2-11/h1-8,15,23H,9-10H2,(H,22,24)/t15-/m1/s1. The van der Waals surface area contributed by atoms with Gasteiger partial charge in [0.2, 0.25) is 5.91 Å². The van der Waals surface area contributed by atoms with Crippen LogP contribution in [-0.4, -0.2) is 17.2 Å². The van der Waals surface area contributed by atoms with Gasteiger partial charge in [0.1, 0.15) is 11.6 Å². The Bertz CT molecular complexity index is 681. The maximum Gasteiger partial charge on any atom is 0.391 e. The van der Waals surface area contributed by atoms with Gasteiger partial charge in [0.25, 0.3) is 0 Å². The van der Waals surface area contributed by atoms with E-state index in [-0.39, 0.29) is 17.7 Å². The molecule has 1 atom stereocenters. The minimum absolute atomic E-state index is 0.0282. The van der Waals surface area contributed by atoms with Crippen molar-refractivity contribution in [1.29, 1.82) is 0 Å². The molecule has 2 rings (SSSR count). The van der Waals surface area contributed by atoms with Gasteiger partial charge in [0, 0.05) is 0 Å². The molecule has 0 spiro atoms. The Labute approximate surface area is 135 Å². The van der Waals surface area contributed by atoms with Gasteiger partial charge in [-0.05, 0) is 35.4 Å². The van der Waals surface area contributed by atoms with Gasteiger partial charge in [-0.15, -0.1) is 0 Å². The van der Waals surface area contributed by atoms with E-state index in [1.807, 2.05) is 0 Å². The van der Waals surface area contributed by atoms with Gasteiger partial charge in [-0.2, -0.15) is 13.2 Å². The van der Waals surface area contributed by atoms with Crippen LogP contribution in [0.15, 0.2) is 48.5 Å². The van der Waals surface area contributed by atoms with Crippen LogP contribution in [-0.2, 0) is 11.2 Å². The highest BCUT2D eigenvalue weighted by Crippen LogP contribution is 2.29. The molecule has 0 fully saturated rings. The van der Waals surface area contributed by atoms with E-state index in [1.54, 1.807) is 0 Å². The predicted octanol–water partition coefficient (Wildman–Crippen LogP) is 3.88. The van der Waals surface area contributed by atoms with Crippen LogP contribution < -0.4 is 5.32 Å². The van der Waals surface area contributed by atoms with Gasteiger partial charge in [0.05, 0.1) is 18.9 Å². The summed E-state index contributed by atoms with van der Waals surface area (Å²) in [6, 6.07) is 9.01. The Morgan fingerprint density at radius 3 is 2.17 bits per heavy atom. The number of phenols is 1. The zero-order valence-electron chi connectivity index (χ0n) is 12.5. The number of alkyl halides is 3. The zero-order chi connectivity index (χ0) is 17.7. The van der Waals surface area contributed by atoms with Gasteiger partial charge in [-0.25, -0.2) is 4.39 Å². The summed E-state index contributed by atoms with van der Waals surface area (Å²) in [6.45, 7) is 0. The molecule has 3 nitrogen and oxygen atoms in total. The van der Waals surface area contributed by atoms with Crippen molar-refractivity contribution < 1.29 is 27.5 Å². The van der Waals surface area contributed by atoms with Gasteiger partial charge >= 0.3 is 6.18 Å². The molecule has 0 saturated carbocycles. The molecule has 0 aliphatic carbocycles. The van der Waals surface area contributed by atoms with E-state index in [0.717, 1.165) is 12.1 Å². The maximum absolute atomic E-state index is 12.9. The number of carbonyl (C=O) groups excluding carboxylic acids is 1. The summed E-state index contributed by atoms with van der Waals surface area (Å²) in [6.07, 6.45) is -5.86. The number of carbonyl (C=O) groups is 1. The van der Waals surface area contributed by atoms with E-state index in [2.05, 4.69) is 5.32 Å². The normalized spacial score (nSPS) is 12.7. The molecule has 24 heavy (non-hydrogen) atoms. The molecular formula is C17H15F4NO2. The summed E-state index contributed by atoms with van der Waals surface area (Å²) in [5.74, 6) is -1.14. The molecule has 0 bridgehead atoms. The lowest BCUT2D eigenvalue weighted by atomic mass is 10.0. The second kappa shape index (κ2) is 7.33. The first-order valence-corrected chi connectivity index (χ1v) is 7.12. The molecule has 0 aromatic heterocycles. The van der Waals surface area contributed by atoms with Crippen LogP contribution >= 0.6 is 0 Å². The van der Waals surface area contributed by atoms with Crippen molar-refractivity contribution in [3.05, 3.63) is 65.5 Å². The maximum atomic E-state index is 12.9. The lowest BCUT2D eigenvalue weighted by Gasteiger charge is -2.21. The number of benzene rings is 2. The van der Waals surface area contributed by atoms with Crippen molar-refractivity contribution in [3.8, 4) is 5.75 Å². The lowest BCUT2D eigenvalue weighted by Crippen LogP contribution is -2.33. The van der Waals surface area contributed by atoms with Gasteiger partial charge in [-0.1, -0.05) is 24.3 Å². The summed E-state index contributed by atoms with van der Waals surface area (Å²) in [5, 5.41) is 11.5. The number of hydrogen-bond acceptors (Lipinski definition) is 2. The molecule has 2 aromatic rings. The lowest BCUT2D eigenvalue weighted by molar-refractivity contribution is -0.142. The highest BCUT2D eigenvalue weighted by molar-refractivity contribution is 5.79. The number of hydrogen-bond donors (Lipinski definition) is 2. The number of nitrogens with one attached hydrogen (secondary N) is 1. The van der Waals surface area contributed by atoms with E-state index in [9.17, 15) is 27.5 Å². The van der Waals surface area contributed by atoms with Crippen LogP contribution in [0, 0.1) is 5.82 Å². The van der Waals surface area contributed by atoms with Crippen molar-refractivity contribution in [1.82, 2.24) is 5.32 Å². The highest BCUT2D eigenvalue weighted by atomic mass is 19.4. The van der Waals surface area contributed by atoms with Crippen LogP contribution in [0.4, 0.5) is 17.6 Å². The van der Waals surface area contributed by atoms with Crippen molar-refractivity contribution in [2.45, 2.75) is 25.1 Å². The van der Waals surface area contributed by atoms with Crippen molar-refractivity contribution in [3.63, 3.8) is 0 Å². The van der Waals surface area contributed by atoms with Gasteiger partial charge < -0.3 is 10.4 Å². The second-order valence-corrected chi connectivity index (χ2v) is 5.33. The number of aromatic hydroxyl groups is 1. The fourth-order valence-corrected chi connectivity index (χ4v) is 2.22. The quantitative estimate of drug-likeness (QED) is 0.811. The van der Waals surface area contributed by atoms with Crippen LogP contribution in [0.5, 0.6) is 5.75 Å². The molecule has 0 aliphatic rings. The van der Waals surface area contributed by atoms with E-state index >= 15 is 0 Å². The Morgan fingerprint density at radius 2 is 1.62 bits per heavy atom. The van der Waals surface area contributed by atoms with E-state index in [0.29, 0.717) is 5.56 Å². The van der Waals surface area contributed by atoms with E-state index in [4.69, 9.17) is 0 Å². The van der Waals surface area contributed by atoms with Crippen molar-refractivity contribution >= 4 is 5.91 Å². The average Bonchev–Trinajstić information content (AvgIpc) is 2.48. The first-order chi connectivity index (χ1) is 11.2. The molecule has 0 unspecified atom stereocenters. The van der Waals surface area contributed by atoms with Crippen LogP contribution in [0.1, 0.15) is 23.6 Å². The fourth-order valence-electron chi connectivity index (χ4n) is 2.22. The molecule has 0 heterocycles. The summed E-state index contributed by atoms with van der Waals surface area (Å²) < 4.78 is 51.2. The SMILES string of the molecule is O=C(Cc1ccc(O)cc1)N[C@H](CC(F)(F)F)c1ccc(F)cc1. The summed E-state index contributed by atoms with van der Waals surface area (Å²) in [7, 11) is 0. The monoisotopic (exact) mass is 341 g/mol. The van der Waals surface area contributed by atoms with E-state index < -0.39 is 30.4 Å². The van der Waals surface area contributed by atoms with E-state index in [1.165, 1.54) is 36.4 Å². The largest absolute Gasteiger partial charge is 0.508 e. The summed E-state index contributed by atoms with van der Waals surface area (Å²) >= 11 is 0. The third-order valence-electron chi connectivity index (χ3n) is 3.34. The molecular weight excluding hydrogens is 326 g/mol. The molecule has 2 aromatic carbocycles. The molecule has 128 valence electrons. The van der Waals surface area contributed by atoms with Crippen molar-refractivity contribution in [2.24, 2.45) is 0 Å². The first kappa shape index (κ1) is 17.8. The Morgan fingerprint density at radius 1 is 1.04 bits per heavy atom. The molecule has 0 saturated heterocycles. The molecule has 0 radical (unpaired) electrons. The molecule has 1 amide bonds. The zero-order valence-corrected chi connectivity index (χ0v) is 12.5. The van der Waals surface area contributed by atoms with Crippen molar-refractivity contribution in [2.75, 3.05) is 0 Å². The average molecular weight is 341 g/mol. The number of halogens is 4. The van der Waals surface area contributed by atoms with Gasteiger partial charge in [-0.3, -0.25) is 4.79 Å². The topological polar surface area (TPSA) is 49.3 Å². The summed E-state index contributed by atoms with van der Waals surface area (Å²) in [5.41, 5.74) is 0.725. The minimum atomic E-state index is -4.48. The predicted molar refractivity (Wildman–Crippen MR) is 79.8 cm³/mol. The Balaban J connectivity index is 2.10. The third-order valence-corrected chi connectivity index (χ3v) is 3.34. The minimum Gasteiger partial charge on any atom is -0.508 e. The molecule has 7 heteroatoms. The highest BCUT2D eigenvalue weighted by Gasteiger charge is 2.33. The molecule has 2 N–H and O–H groups in total. The van der Waals surface area contributed by atoms with Crippen LogP contribution in [0.2, 0.25) is 0 Å². The Kier molecular flexibility index (Phi) is 5.43. The molecule has 0 aliphatic heterocycles. The smallest absolute Gasteiger partial charge is 0.391 e. The van der Waals surface area contributed by atoms with Crippen LogP contribution in [0.25, 0.3) is 0 Å². The van der Waals surface area contributed by atoms with Crippen LogP contribution in [0.3, 0.4) is 0 Å². The second-order valence-electron chi connectivity index (χ2n) is 5.33. The van der Waals surface area contributed by atoms with Gasteiger partial charge in [0.15, 0.2) is 0 Å². The first-order valence-electron chi connectivity index (χ1n) is 7.12.